The predicted molar refractivity (Wildman–Crippen MR) is 78.0 cm³/mol. The molecule has 110 valence electrons. The van der Waals surface area contributed by atoms with Crippen LogP contribution < -0.4 is 10.6 Å². The number of anilines is 1. The lowest BCUT2D eigenvalue weighted by molar-refractivity contribution is -0.136. The number of benzene rings is 1. The first-order chi connectivity index (χ1) is 9.54. The van der Waals surface area contributed by atoms with E-state index < -0.39 is 5.97 Å². The number of carbonyl (C=O) groups excluding carboxylic acids is 1. The largest absolute Gasteiger partial charge is 0.481 e. The lowest BCUT2D eigenvalue weighted by atomic mass is 10.1. The lowest BCUT2D eigenvalue weighted by Crippen LogP contribution is -2.36. The molecule has 0 aliphatic carbocycles. The van der Waals surface area contributed by atoms with Crippen molar-refractivity contribution in [2.45, 2.75) is 12.8 Å². The summed E-state index contributed by atoms with van der Waals surface area (Å²) in [5.41, 5.74) is 1.49. The minimum atomic E-state index is -0.850. The van der Waals surface area contributed by atoms with Gasteiger partial charge in [-0.2, -0.15) is 0 Å². The van der Waals surface area contributed by atoms with Crippen molar-refractivity contribution < 1.29 is 14.7 Å². The highest BCUT2D eigenvalue weighted by molar-refractivity contribution is 5.90. The van der Waals surface area contributed by atoms with E-state index in [2.05, 4.69) is 10.6 Å². The summed E-state index contributed by atoms with van der Waals surface area (Å²) in [7, 11) is 3.54. The fraction of sp³-hybridized carbons (Fsp3) is 0.429. The molecule has 0 saturated heterocycles. The Bertz CT molecular complexity index is 463. The molecule has 0 saturated carbocycles. The van der Waals surface area contributed by atoms with Crippen LogP contribution in [0.3, 0.4) is 0 Å². The highest BCUT2D eigenvalue weighted by Gasteiger charge is 2.11. The SMILES string of the molecule is CNCCN(C)C(=O)Nc1ccccc1CCC(=O)O. The summed E-state index contributed by atoms with van der Waals surface area (Å²) >= 11 is 0. The van der Waals surface area contributed by atoms with Crippen LogP contribution in [0.1, 0.15) is 12.0 Å². The topological polar surface area (TPSA) is 81.7 Å². The number of carbonyl (C=O) groups is 2. The summed E-state index contributed by atoms with van der Waals surface area (Å²) in [5.74, 6) is -0.850. The highest BCUT2D eigenvalue weighted by atomic mass is 16.4. The first-order valence-corrected chi connectivity index (χ1v) is 6.51. The molecule has 2 amide bonds. The molecule has 0 bridgehead atoms. The minimum Gasteiger partial charge on any atom is -0.481 e. The molecule has 3 N–H and O–H groups in total. The standard InChI is InChI=1S/C14H21N3O3/c1-15-9-10-17(2)14(20)16-12-6-4-3-5-11(12)7-8-13(18)19/h3-6,15H,7-10H2,1-2H3,(H,16,20)(H,18,19). The number of aliphatic carboxylic acids is 1. The molecule has 6 heteroatoms. The van der Waals surface area contributed by atoms with E-state index in [1.165, 1.54) is 0 Å². The van der Waals surface area contributed by atoms with Crippen LogP contribution in [0.4, 0.5) is 10.5 Å². The molecule has 0 radical (unpaired) electrons. The average Bonchev–Trinajstić information content (AvgIpc) is 2.43. The van der Waals surface area contributed by atoms with Gasteiger partial charge in [-0.05, 0) is 25.1 Å². The Morgan fingerprint density at radius 2 is 2.00 bits per heavy atom. The van der Waals surface area contributed by atoms with Crippen molar-refractivity contribution in [1.29, 1.82) is 0 Å². The zero-order valence-corrected chi connectivity index (χ0v) is 11.8. The fourth-order valence-corrected chi connectivity index (χ4v) is 1.69. The summed E-state index contributed by atoms with van der Waals surface area (Å²) in [6.07, 6.45) is 0.439. The van der Waals surface area contributed by atoms with Gasteiger partial charge in [-0.25, -0.2) is 4.79 Å². The van der Waals surface area contributed by atoms with Gasteiger partial charge in [0.25, 0.3) is 0 Å². The van der Waals surface area contributed by atoms with Crippen molar-refractivity contribution in [3.05, 3.63) is 29.8 Å². The quantitative estimate of drug-likeness (QED) is 0.704. The number of nitrogens with one attached hydrogen (secondary N) is 2. The molecular weight excluding hydrogens is 258 g/mol. The fourth-order valence-electron chi connectivity index (χ4n) is 1.69. The summed E-state index contributed by atoms with van der Waals surface area (Å²) in [6, 6.07) is 7.04. The molecule has 0 aromatic heterocycles. The molecule has 6 nitrogen and oxygen atoms in total. The maximum absolute atomic E-state index is 12.0. The average molecular weight is 279 g/mol. The number of hydrogen-bond donors (Lipinski definition) is 3. The number of urea groups is 1. The molecule has 1 aromatic carbocycles. The van der Waals surface area contributed by atoms with Gasteiger partial charge in [0.15, 0.2) is 0 Å². The van der Waals surface area contributed by atoms with Crippen LogP contribution in [0.2, 0.25) is 0 Å². The number of likely N-dealkylation sites (N-methyl/N-ethyl adjacent to an activating group) is 2. The van der Waals surface area contributed by atoms with Crippen LogP contribution in [-0.4, -0.2) is 49.2 Å². The van der Waals surface area contributed by atoms with E-state index in [-0.39, 0.29) is 12.5 Å². The Hall–Kier alpha value is -2.08. The van der Waals surface area contributed by atoms with Gasteiger partial charge in [-0.3, -0.25) is 4.79 Å². The molecule has 20 heavy (non-hydrogen) atoms. The Labute approximate surface area is 118 Å². The Kier molecular flexibility index (Phi) is 6.52. The first kappa shape index (κ1) is 16.0. The highest BCUT2D eigenvalue weighted by Crippen LogP contribution is 2.17. The zero-order chi connectivity index (χ0) is 15.0. The van der Waals surface area contributed by atoms with Gasteiger partial charge in [0.05, 0.1) is 0 Å². The Balaban J connectivity index is 2.66. The third-order valence-electron chi connectivity index (χ3n) is 2.91. The van der Waals surface area contributed by atoms with E-state index >= 15 is 0 Å². The van der Waals surface area contributed by atoms with Gasteiger partial charge in [-0.15, -0.1) is 0 Å². The van der Waals surface area contributed by atoms with Crippen LogP contribution in [0.5, 0.6) is 0 Å². The molecule has 0 heterocycles. The van der Waals surface area contributed by atoms with Crippen LogP contribution in [0.25, 0.3) is 0 Å². The van der Waals surface area contributed by atoms with Crippen molar-refractivity contribution in [1.82, 2.24) is 10.2 Å². The van der Waals surface area contributed by atoms with E-state index in [1.807, 2.05) is 25.2 Å². The van der Waals surface area contributed by atoms with Gasteiger partial charge in [0.2, 0.25) is 0 Å². The molecule has 0 atom stereocenters. The molecule has 0 unspecified atom stereocenters. The predicted octanol–water partition coefficient (Wildman–Crippen LogP) is 1.39. The van der Waals surface area contributed by atoms with Gasteiger partial charge in [-0.1, -0.05) is 18.2 Å². The summed E-state index contributed by atoms with van der Waals surface area (Å²) in [6.45, 7) is 1.31. The van der Waals surface area contributed by atoms with Gasteiger partial charge >= 0.3 is 12.0 Å². The lowest BCUT2D eigenvalue weighted by Gasteiger charge is -2.19. The van der Waals surface area contributed by atoms with Crippen molar-refractivity contribution in [3.63, 3.8) is 0 Å². The second-order valence-corrected chi connectivity index (χ2v) is 4.51. The van der Waals surface area contributed by atoms with Gasteiger partial charge in [0.1, 0.15) is 0 Å². The second kappa shape index (κ2) is 8.16. The number of rotatable bonds is 7. The number of aryl methyl sites for hydroxylation is 1. The van der Waals surface area contributed by atoms with E-state index in [0.717, 1.165) is 5.56 Å². The van der Waals surface area contributed by atoms with Crippen molar-refractivity contribution in [3.8, 4) is 0 Å². The minimum absolute atomic E-state index is 0.0441. The molecule has 0 aliphatic rings. The van der Waals surface area contributed by atoms with Crippen LogP contribution in [0, 0.1) is 0 Å². The van der Waals surface area contributed by atoms with E-state index in [9.17, 15) is 9.59 Å². The number of nitrogens with zero attached hydrogens (tertiary/aromatic N) is 1. The summed E-state index contributed by atoms with van der Waals surface area (Å²) in [4.78, 5) is 24.2. The number of carboxylic acids is 1. The maximum Gasteiger partial charge on any atom is 0.321 e. The third-order valence-corrected chi connectivity index (χ3v) is 2.91. The number of para-hydroxylation sites is 1. The monoisotopic (exact) mass is 279 g/mol. The molecule has 0 fully saturated rings. The Morgan fingerprint density at radius 1 is 1.30 bits per heavy atom. The smallest absolute Gasteiger partial charge is 0.321 e. The summed E-state index contributed by atoms with van der Waals surface area (Å²) < 4.78 is 0. The van der Waals surface area contributed by atoms with Crippen LogP contribution in [-0.2, 0) is 11.2 Å². The first-order valence-electron chi connectivity index (χ1n) is 6.51. The number of amides is 2. The van der Waals surface area contributed by atoms with Gasteiger partial charge < -0.3 is 20.6 Å². The van der Waals surface area contributed by atoms with Crippen LogP contribution in [0.15, 0.2) is 24.3 Å². The molecule has 1 aromatic rings. The second-order valence-electron chi connectivity index (χ2n) is 4.51. The van der Waals surface area contributed by atoms with Crippen LogP contribution >= 0.6 is 0 Å². The molecule has 0 aliphatic heterocycles. The van der Waals surface area contributed by atoms with E-state index in [0.29, 0.717) is 25.2 Å². The molecular formula is C14H21N3O3. The normalized spacial score (nSPS) is 10.1. The Morgan fingerprint density at radius 3 is 2.65 bits per heavy atom. The van der Waals surface area contributed by atoms with Crippen molar-refractivity contribution in [2.24, 2.45) is 0 Å². The zero-order valence-electron chi connectivity index (χ0n) is 11.8. The third kappa shape index (κ3) is 5.27. The molecule has 1 rings (SSSR count). The van der Waals surface area contributed by atoms with E-state index in [1.54, 1.807) is 18.0 Å². The maximum atomic E-state index is 12.0. The van der Waals surface area contributed by atoms with Gasteiger partial charge in [0, 0.05) is 32.2 Å². The summed E-state index contributed by atoms with van der Waals surface area (Å²) in [5, 5.41) is 14.5. The number of hydrogen-bond acceptors (Lipinski definition) is 3. The van der Waals surface area contributed by atoms with Crippen molar-refractivity contribution in [2.75, 3.05) is 32.5 Å². The van der Waals surface area contributed by atoms with E-state index in [4.69, 9.17) is 5.11 Å². The number of carboxylic acid groups (broad SMARTS) is 1. The molecule has 0 spiro atoms. The van der Waals surface area contributed by atoms with Crippen molar-refractivity contribution >= 4 is 17.7 Å².